The maximum atomic E-state index is 13.5. The number of carbonyl (C=O) groups excluding carboxylic acids is 1. The number of hydrogen-bond acceptors (Lipinski definition) is 6. The van der Waals surface area contributed by atoms with Gasteiger partial charge in [-0.3, -0.25) is 15.0 Å². The summed E-state index contributed by atoms with van der Waals surface area (Å²) in [6.45, 7) is 4.63. The summed E-state index contributed by atoms with van der Waals surface area (Å²) < 4.78 is 6.11. The number of carboxylic acid groups (broad SMARTS) is 1. The molecule has 10 nitrogen and oxygen atoms in total. The van der Waals surface area contributed by atoms with Gasteiger partial charge in [-0.05, 0) is 65.0 Å². The van der Waals surface area contributed by atoms with E-state index in [1.165, 1.54) is 0 Å². The molecule has 3 aliphatic heterocycles. The number of hydrogen-bond donors (Lipinski definition) is 4. The third kappa shape index (κ3) is 10.8. The van der Waals surface area contributed by atoms with Gasteiger partial charge in [-0.1, -0.05) is 0 Å². The molecule has 5 N–H and O–H groups in total. The molecule has 3 heterocycles. The minimum Gasteiger partial charge on any atom is -0.481 e. The van der Waals surface area contributed by atoms with Crippen LogP contribution in [0.3, 0.4) is 0 Å². The Morgan fingerprint density at radius 1 is 1.06 bits per heavy atom. The van der Waals surface area contributed by atoms with Gasteiger partial charge < -0.3 is 35.6 Å². The van der Waals surface area contributed by atoms with Gasteiger partial charge in [0.15, 0.2) is 5.96 Å². The van der Waals surface area contributed by atoms with E-state index >= 15 is 0 Å². The molecule has 0 radical (unpaired) electrons. The van der Waals surface area contributed by atoms with Gasteiger partial charge >= 0.3 is 5.97 Å². The molecule has 0 aromatic heterocycles. The molecule has 3 aliphatic rings. The van der Waals surface area contributed by atoms with Crippen molar-refractivity contribution in [3.63, 3.8) is 0 Å². The fraction of sp³-hybridized carbons (Fsp3) is 0.870. The number of nitrogens with zero attached hydrogens (tertiary/aromatic N) is 3. The molecule has 0 bridgehead atoms. The molecule has 1 amide bonds. The molecule has 0 aromatic carbocycles. The van der Waals surface area contributed by atoms with Crippen molar-refractivity contribution in [1.29, 1.82) is 5.41 Å². The molecule has 13 heteroatoms. The summed E-state index contributed by atoms with van der Waals surface area (Å²) >= 11 is 0. The molecule has 212 valence electrons. The highest BCUT2D eigenvalue weighted by Gasteiger charge is 2.34. The summed E-state index contributed by atoms with van der Waals surface area (Å²) in [6.07, 6.45) is 7.44. The smallest absolute Gasteiger partial charge is 0.305 e. The standard InChI is InChI=1S/C23H42N6O4.3ClH/c1-27-10-4-5-17(16-27)26-20(15-21(30)31)22(32)29-11-3-2-6-18(29)9-14-33-19-7-12-28(13-8-19)23(24)25;;;/h17-20,26H,2-16H2,1H3,(H3,24,25)(H,30,31);3*1H/t17?,18-,20-;;;/m0.../s1. The number of piperidine rings is 3. The highest BCUT2D eigenvalue weighted by molar-refractivity contribution is 5.86. The molecule has 0 aliphatic carbocycles. The van der Waals surface area contributed by atoms with Crippen molar-refractivity contribution in [3.8, 4) is 0 Å². The number of nitrogens with two attached hydrogens (primary N) is 1. The Balaban J connectivity index is 0.00000408. The van der Waals surface area contributed by atoms with E-state index in [2.05, 4.69) is 17.3 Å². The van der Waals surface area contributed by atoms with Crippen molar-refractivity contribution >= 4 is 55.1 Å². The van der Waals surface area contributed by atoms with E-state index in [0.717, 1.165) is 77.5 Å². The van der Waals surface area contributed by atoms with E-state index in [4.69, 9.17) is 15.9 Å². The monoisotopic (exact) mass is 574 g/mol. The van der Waals surface area contributed by atoms with Crippen LogP contribution in [-0.2, 0) is 14.3 Å². The second-order valence-corrected chi connectivity index (χ2v) is 9.83. The summed E-state index contributed by atoms with van der Waals surface area (Å²) in [5.74, 6) is -0.905. The normalized spacial score (nSPS) is 24.0. The molecule has 0 aromatic rings. The molecule has 3 fully saturated rings. The van der Waals surface area contributed by atoms with Crippen LogP contribution in [0.25, 0.3) is 0 Å². The van der Waals surface area contributed by atoms with Crippen LogP contribution in [-0.4, -0.2) is 108 Å². The zero-order chi connectivity index (χ0) is 23.8. The van der Waals surface area contributed by atoms with E-state index in [9.17, 15) is 14.7 Å². The van der Waals surface area contributed by atoms with Crippen LogP contribution in [0, 0.1) is 5.41 Å². The number of halogens is 3. The largest absolute Gasteiger partial charge is 0.481 e. The molecule has 3 rings (SSSR count). The first-order valence-corrected chi connectivity index (χ1v) is 12.5. The summed E-state index contributed by atoms with van der Waals surface area (Å²) in [5, 5.41) is 20.4. The van der Waals surface area contributed by atoms with Gasteiger partial charge in [-0.15, -0.1) is 37.2 Å². The number of likely N-dealkylation sites (N-methyl/N-ethyl adjacent to an activating group) is 1. The van der Waals surface area contributed by atoms with Gasteiger partial charge in [0.25, 0.3) is 0 Å². The van der Waals surface area contributed by atoms with Crippen molar-refractivity contribution in [2.75, 3.05) is 46.4 Å². The quantitative estimate of drug-likeness (QED) is 0.242. The Labute approximate surface area is 233 Å². The maximum absolute atomic E-state index is 13.5. The van der Waals surface area contributed by atoms with E-state index in [-0.39, 0.29) is 73.7 Å². The average Bonchev–Trinajstić information content (AvgIpc) is 2.78. The topological polar surface area (TPSA) is 135 Å². The lowest BCUT2D eigenvalue weighted by atomic mass is 9.97. The number of nitrogens with one attached hydrogen (secondary N) is 2. The van der Waals surface area contributed by atoms with Crippen LogP contribution in [0.1, 0.15) is 57.8 Å². The second kappa shape index (κ2) is 17.5. The highest BCUT2D eigenvalue weighted by Crippen LogP contribution is 2.23. The van der Waals surface area contributed by atoms with Crippen LogP contribution >= 0.6 is 37.2 Å². The number of ether oxygens (including phenoxy) is 1. The molecule has 1 unspecified atom stereocenters. The van der Waals surface area contributed by atoms with Crippen LogP contribution in [0.15, 0.2) is 0 Å². The molecule has 0 spiro atoms. The number of aliphatic carboxylic acids is 1. The fourth-order valence-corrected chi connectivity index (χ4v) is 5.40. The number of amides is 1. The Morgan fingerprint density at radius 2 is 1.75 bits per heavy atom. The first-order valence-electron chi connectivity index (χ1n) is 12.5. The number of guanidine groups is 1. The van der Waals surface area contributed by atoms with Gasteiger partial charge in [0.2, 0.25) is 5.91 Å². The molecular formula is C23H45Cl3N6O4. The Bertz CT molecular complexity index is 684. The van der Waals surface area contributed by atoms with Crippen LogP contribution in [0.2, 0.25) is 0 Å². The summed E-state index contributed by atoms with van der Waals surface area (Å²) in [5.41, 5.74) is 5.56. The van der Waals surface area contributed by atoms with Crippen molar-refractivity contribution in [1.82, 2.24) is 20.0 Å². The van der Waals surface area contributed by atoms with Crippen LogP contribution in [0.5, 0.6) is 0 Å². The maximum Gasteiger partial charge on any atom is 0.305 e. The predicted molar refractivity (Wildman–Crippen MR) is 148 cm³/mol. The lowest BCUT2D eigenvalue weighted by Gasteiger charge is -2.40. The summed E-state index contributed by atoms with van der Waals surface area (Å²) in [4.78, 5) is 31.0. The predicted octanol–water partition coefficient (Wildman–Crippen LogP) is 1.92. The first-order chi connectivity index (χ1) is 15.8. The minimum absolute atomic E-state index is 0. The van der Waals surface area contributed by atoms with Gasteiger partial charge in [-0.25, -0.2) is 0 Å². The van der Waals surface area contributed by atoms with E-state index in [1.807, 2.05) is 9.80 Å². The Morgan fingerprint density at radius 3 is 2.36 bits per heavy atom. The van der Waals surface area contributed by atoms with Gasteiger partial charge in [0.1, 0.15) is 0 Å². The molecule has 0 saturated carbocycles. The summed E-state index contributed by atoms with van der Waals surface area (Å²) in [7, 11) is 2.06. The van der Waals surface area contributed by atoms with Crippen molar-refractivity contribution in [3.05, 3.63) is 0 Å². The second-order valence-electron chi connectivity index (χ2n) is 9.83. The van der Waals surface area contributed by atoms with Crippen molar-refractivity contribution < 1.29 is 19.4 Å². The number of likely N-dealkylation sites (tertiary alicyclic amines) is 3. The number of rotatable bonds is 9. The third-order valence-electron chi connectivity index (χ3n) is 7.24. The zero-order valence-corrected chi connectivity index (χ0v) is 23.7. The lowest BCUT2D eigenvalue weighted by Crippen LogP contribution is -2.57. The van der Waals surface area contributed by atoms with Gasteiger partial charge in [0.05, 0.1) is 18.6 Å². The first kappa shape index (κ1) is 35.0. The van der Waals surface area contributed by atoms with Crippen LogP contribution < -0.4 is 11.1 Å². The Kier molecular flexibility index (Phi) is 17.0. The zero-order valence-electron chi connectivity index (χ0n) is 21.2. The summed E-state index contributed by atoms with van der Waals surface area (Å²) in [6, 6.07) is -0.448. The van der Waals surface area contributed by atoms with Crippen molar-refractivity contribution in [2.45, 2.75) is 82.0 Å². The van der Waals surface area contributed by atoms with Crippen molar-refractivity contribution in [2.24, 2.45) is 5.73 Å². The van der Waals surface area contributed by atoms with Gasteiger partial charge in [0, 0.05) is 44.9 Å². The average molecular weight is 576 g/mol. The molecule has 3 atom stereocenters. The molecular weight excluding hydrogens is 531 g/mol. The van der Waals surface area contributed by atoms with E-state index in [1.54, 1.807) is 0 Å². The highest BCUT2D eigenvalue weighted by atomic mass is 35.5. The molecule has 36 heavy (non-hydrogen) atoms. The van der Waals surface area contributed by atoms with E-state index < -0.39 is 12.0 Å². The van der Waals surface area contributed by atoms with Gasteiger partial charge in [-0.2, -0.15) is 0 Å². The number of carbonyl (C=O) groups is 2. The fourth-order valence-electron chi connectivity index (χ4n) is 5.40. The molecule has 3 saturated heterocycles. The minimum atomic E-state index is -0.946. The van der Waals surface area contributed by atoms with E-state index in [0.29, 0.717) is 13.2 Å². The SMILES string of the molecule is CN1CCCC(N[C@@H](CC(=O)O)C(=O)N2CCCC[C@H]2CCOC2CCN(C(=N)N)CC2)C1.Cl.Cl.Cl. The lowest BCUT2D eigenvalue weighted by molar-refractivity contribution is -0.145. The Hall–Kier alpha value is -1.04. The third-order valence-corrected chi connectivity index (χ3v) is 7.24. The number of carboxylic acids is 1. The van der Waals surface area contributed by atoms with Crippen LogP contribution in [0.4, 0.5) is 0 Å².